The van der Waals surface area contributed by atoms with Gasteiger partial charge < -0.3 is 9.15 Å². The molecule has 1 aromatic heterocycles. The van der Waals surface area contributed by atoms with Crippen molar-refractivity contribution < 1.29 is 13.9 Å². The van der Waals surface area contributed by atoms with Crippen LogP contribution in [0.15, 0.2) is 28.9 Å². The minimum Gasteiger partial charge on any atom is -0.464 e. The van der Waals surface area contributed by atoms with Crippen molar-refractivity contribution in [2.45, 2.75) is 6.61 Å². The fourth-order valence-corrected chi connectivity index (χ4v) is 1.78. The molecule has 14 heavy (non-hydrogen) atoms. The molecule has 0 bridgehead atoms. The minimum absolute atomic E-state index is 0.261. The van der Waals surface area contributed by atoms with E-state index in [1.165, 1.54) is 0 Å². The van der Waals surface area contributed by atoms with Crippen molar-refractivity contribution in [1.29, 1.82) is 0 Å². The predicted octanol–water partition coefficient (Wildman–Crippen LogP) is 2.71. The zero-order chi connectivity index (χ0) is 9.97. The zero-order valence-electron chi connectivity index (χ0n) is 7.20. The van der Waals surface area contributed by atoms with Gasteiger partial charge in [-0.25, -0.2) is 0 Å². The monoisotopic (exact) mass is 302 g/mol. The summed E-state index contributed by atoms with van der Waals surface area (Å²) >= 11 is 2.23. The van der Waals surface area contributed by atoms with Crippen LogP contribution in [0.25, 0.3) is 11.0 Å². The molecule has 0 N–H and O–H groups in total. The van der Waals surface area contributed by atoms with Crippen LogP contribution in [0.2, 0.25) is 0 Å². The van der Waals surface area contributed by atoms with E-state index < -0.39 is 0 Å². The van der Waals surface area contributed by atoms with Gasteiger partial charge in [-0.05, 0) is 40.8 Å². The topological polar surface area (TPSA) is 39.4 Å². The van der Waals surface area contributed by atoms with Gasteiger partial charge in [0.25, 0.3) is 6.47 Å². The normalized spacial score (nSPS) is 10.4. The van der Waals surface area contributed by atoms with Gasteiger partial charge >= 0.3 is 0 Å². The molecule has 1 heterocycles. The molecule has 0 fully saturated rings. The van der Waals surface area contributed by atoms with E-state index in [1.54, 1.807) is 6.26 Å². The van der Waals surface area contributed by atoms with Crippen LogP contribution in [0.1, 0.15) is 5.56 Å². The Labute approximate surface area is 94.2 Å². The molecular weight excluding hydrogens is 295 g/mol. The summed E-state index contributed by atoms with van der Waals surface area (Å²) in [6, 6.07) is 5.88. The zero-order valence-corrected chi connectivity index (χ0v) is 9.35. The van der Waals surface area contributed by atoms with Gasteiger partial charge in [0.2, 0.25) is 0 Å². The number of hydrogen-bond donors (Lipinski definition) is 0. The SMILES string of the molecule is O=COCc1coc2ccc(I)cc12. The van der Waals surface area contributed by atoms with Crippen LogP contribution in [-0.4, -0.2) is 6.47 Å². The molecule has 0 amide bonds. The lowest BCUT2D eigenvalue weighted by Gasteiger charge is -1.95. The molecule has 0 aliphatic heterocycles. The molecule has 2 aromatic rings. The van der Waals surface area contributed by atoms with Gasteiger partial charge in [0.1, 0.15) is 12.2 Å². The van der Waals surface area contributed by atoms with E-state index in [0.717, 1.165) is 20.1 Å². The standard InChI is InChI=1S/C10H7IO3/c11-8-1-2-10-9(3-8)7(5-14-10)4-13-6-12/h1-3,5-6H,4H2. The van der Waals surface area contributed by atoms with E-state index in [2.05, 4.69) is 27.3 Å². The van der Waals surface area contributed by atoms with Crippen LogP contribution < -0.4 is 0 Å². The summed E-state index contributed by atoms with van der Waals surface area (Å²) in [6.07, 6.45) is 1.62. The minimum atomic E-state index is 0.261. The molecule has 0 radical (unpaired) electrons. The summed E-state index contributed by atoms with van der Waals surface area (Å²) in [5, 5.41) is 0.999. The summed E-state index contributed by atoms with van der Waals surface area (Å²) in [5.41, 5.74) is 1.71. The molecule has 72 valence electrons. The van der Waals surface area contributed by atoms with Crippen LogP contribution in [0.4, 0.5) is 0 Å². The summed E-state index contributed by atoms with van der Waals surface area (Å²) in [7, 11) is 0. The summed E-state index contributed by atoms with van der Waals surface area (Å²) in [6.45, 7) is 0.698. The molecule has 0 saturated heterocycles. The van der Waals surface area contributed by atoms with Crippen LogP contribution >= 0.6 is 22.6 Å². The van der Waals surface area contributed by atoms with E-state index >= 15 is 0 Å². The lowest BCUT2D eigenvalue weighted by molar-refractivity contribution is -0.129. The Morgan fingerprint density at radius 3 is 3.14 bits per heavy atom. The third-order valence-electron chi connectivity index (χ3n) is 1.92. The molecule has 0 saturated carbocycles. The number of halogens is 1. The second-order valence-corrected chi connectivity index (χ2v) is 4.05. The number of ether oxygens (including phenoxy) is 1. The van der Waals surface area contributed by atoms with Crippen molar-refractivity contribution in [3.63, 3.8) is 0 Å². The molecule has 4 heteroatoms. The van der Waals surface area contributed by atoms with Crippen molar-refractivity contribution >= 4 is 40.0 Å². The fraction of sp³-hybridized carbons (Fsp3) is 0.100. The van der Waals surface area contributed by atoms with Crippen molar-refractivity contribution in [2.24, 2.45) is 0 Å². The molecule has 2 rings (SSSR count). The van der Waals surface area contributed by atoms with Crippen LogP contribution in [0.3, 0.4) is 0 Å². The van der Waals surface area contributed by atoms with Gasteiger partial charge in [-0.1, -0.05) is 0 Å². The van der Waals surface area contributed by atoms with Crippen molar-refractivity contribution in [3.05, 3.63) is 33.6 Å². The number of carbonyl (C=O) groups excluding carboxylic acids is 1. The summed E-state index contributed by atoms with van der Waals surface area (Å²) < 4.78 is 11.1. The maximum atomic E-state index is 10.0. The fourth-order valence-electron chi connectivity index (χ4n) is 1.29. The van der Waals surface area contributed by atoms with Gasteiger partial charge in [-0.15, -0.1) is 0 Å². The van der Waals surface area contributed by atoms with E-state index in [0.29, 0.717) is 6.47 Å². The molecular formula is C10H7IO3. The number of carbonyl (C=O) groups is 1. The van der Waals surface area contributed by atoms with Gasteiger partial charge in [0.05, 0.1) is 6.26 Å². The Balaban J connectivity index is 2.44. The highest BCUT2D eigenvalue weighted by atomic mass is 127. The van der Waals surface area contributed by atoms with Gasteiger partial charge in [0.15, 0.2) is 0 Å². The van der Waals surface area contributed by atoms with Crippen molar-refractivity contribution in [1.82, 2.24) is 0 Å². The average Bonchev–Trinajstić information content (AvgIpc) is 2.57. The second-order valence-electron chi connectivity index (χ2n) is 2.81. The number of fused-ring (bicyclic) bond motifs is 1. The molecule has 0 aliphatic carbocycles. The predicted molar refractivity (Wildman–Crippen MR) is 59.8 cm³/mol. The first-order chi connectivity index (χ1) is 6.81. The number of furan rings is 1. The van der Waals surface area contributed by atoms with Crippen LogP contribution in [0, 0.1) is 3.57 Å². The van der Waals surface area contributed by atoms with Gasteiger partial charge in [-0.3, -0.25) is 4.79 Å². The Bertz CT molecular complexity index is 461. The first-order valence-corrected chi connectivity index (χ1v) is 5.10. The molecule has 0 unspecified atom stereocenters. The third-order valence-corrected chi connectivity index (χ3v) is 2.59. The van der Waals surface area contributed by atoms with Crippen molar-refractivity contribution in [2.75, 3.05) is 0 Å². The molecule has 1 aromatic carbocycles. The largest absolute Gasteiger partial charge is 0.464 e. The Morgan fingerprint density at radius 1 is 1.50 bits per heavy atom. The highest BCUT2D eigenvalue weighted by molar-refractivity contribution is 14.1. The number of hydrogen-bond acceptors (Lipinski definition) is 3. The molecule has 0 spiro atoms. The van der Waals surface area contributed by atoms with E-state index in [1.807, 2.05) is 18.2 Å². The maximum absolute atomic E-state index is 10.0. The first-order valence-electron chi connectivity index (χ1n) is 4.02. The first kappa shape index (κ1) is 9.51. The van der Waals surface area contributed by atoms with Crippen molar-refractivity contribution in [3.8, 4) is 0 Å². The lowest BCUT2D eigenvalue weighted by atomic mass is 10.2. The molecule has 0 atom stereocenters. The molecule has 0 aliphatic rings. The third kappa shape index (κ3) is 1.75. The maximum Gasteiger partial charge on any atom is 0.293 e. The van der Waals surface area contributed by atoms with E-state index in [9.17, 15) is 4.79 Å². The average molecular weight is 302 g/mol. The van der Waals surface area contributed by atoms with Gasteiger partial charge in [-0.2, -0.15) is 0 Å². The van der Waals surface area contributed by atoms with Crippen LogP contribution in [0.5, 0.6) is 0 Å². The number of benzene rings is 1. The summed E-state index contributed by atoms with van der Waals surface area (Å²) in [4.78, 5) is 10.0. The smallest absolute Gasteiger partial charge is 0.293 e. The Kier molecular flexibility index (Phi) is 2.72. The summed E-state index contributed by atoms with van der Waals surface area (Å²) in [5.74, 6) is 0. The quantitative estimate of drug-likeness (QED) is 0.646. The Hall–Kier alpha value is -1.04. The van der Waals surface area contributed by atoms with E-state index in [4.69, 9.17) is 4.42 Å². The van der Waals surface area contributed by atoms with Crippen LogP contribution in [-0.2, 0) is 16.1 Å². The highest BCUT2D eigenvalue weighted by Crippen LogP contribution is 2.23. The Morgan fingerprint density at radius 2 is 2.36 bits per heavy atom. The second kappa shape index (κ2) is 4.00. The van der Waals surface area contributed by atoms with E-state index in [-0.39, 0.29) is 6.61 Å². The van der Waals surface area contributed by atoms with Gasteiger partial charge in [0, 0.05) is 14.5 Å². The molecule has 3 nitrogen and oxygen atoms in total. The highest BCUT2D eigenvalue weighted by Gasteiger charge is 2.05. The number of rotatable bonds is 3. The lowest BCUT2D eigenvalue weighted by Crippen LogP contribution is -1.88.